The number of nitrogens with one attached hydrogen (secondary N) is 3. The lowest BCUT2D eigenvalue weighted by Crippen LogP contribution is -3.08. The lowest BCUT2D eigenvalue weighted by atomic mass is 9.86. The van der Waals surface area contributed by atoms with Gasteiger partial charge in [0.15, 0.2) is 5.11 Å². The minimum absolute atomic E-state index is 0.546. The van der Waals surface area contributed by atoms with Crippen LogP contribution >= 0.6 is 12.2 Å². The van der Waals surface area contributed by atoms with Gasteiger partial charge in [-0.2, -0.15) is 0 Å². The second-order valence-electron chi connectivity index (χ2n) is 7.65. The molecule has 4 heteroatoms. The molecule has 0 unspecified atom stereocenters. The predicted molar refractivity (Wildman–Crippen MR) is 104 cm³/mol. The summed E-state index contributed by atoms with van der Waals surface area (Å²) in [6, 6.07) is 9.58. The summed E-state index contributed by atoms with van der Waals surface area (Å²) in [6.45, 7) is 6.99. The average molecular weight is 347 g/mol. The van der Waals surface area contributed by atoms with Crippen molar-refractivity contribution in [3.05, 3.63) is 35.4 Å². The van der Waals surface area contributed by atoms with E-state index in [1.54, 1.807) is 4.90 Å². The normalized spacial score (nSPS) is 24.7. The quantitative estimate of drug-likeness (QED) is 0.715. The second-order valence-corrected chi connectivity index (χ2v) is 8.05. The van der Waals surface area contributed by atoms with Crippen molar-refractivity contribution in [2.75, 3.05) is 13.1 Å². The summed E-state index contributed by atoms with van der Waals surface area (Å²) < 4.78 is 0. The molecule has 3 rings (SSSR count). The van der Waals surface area contributed by atoms with Crippen molar-refractivity contribution in [1.82, 2.24) is 10.6 Å². The third kappa shape index (κ3) is 5.18. The molecule has 0 amide bonds. The molecule has 1 aliphatic heterocycles. The monoisotopic (exact) mass is 346 g/mol. The van der Waals surface area contributed by atoms with Gasteiger partial charge in [-0.3, -0.25) is 0 Å². The molecule has 2 atom stereocenters. The van der Waals surface area contributed by atoms with Crippen LogP contribution in [-0.2, 0) is 13.1 Å². The number of quaternary nitrogens is 1. The molecular formula is C20H32N3S+. The summed E-state index contributed by atoms with van der Waals surface area (Å²) in [5.74, 6) is 0.728. The molecule has 0 bridgehead atoms. The van der Waals surface area contributed by atoms with E-state index in [1.807, 2.05) is 0 Å². The van der Waals surface area contributed by atoms with Crippen molar-refractivity contribution in [1.29, 1.82) is 0 Å². The molecule has 0 aromatic heterocycles. The Bertz CT molecular complexity index is 522. The van der Waals surface area contributed by atoms with Crippen LogP contribution in [0.3, 0.4) is 0 Å². The molecule has 1 saturated heterocycles. The number of rotatable bonds is 5. The van der Waals surface area contributed by atoms with E-state index in [2.05, 4.69) is 41.8 Å². The topological polar surface area (TPSA) is 28.5 Å². The highest BCUT2D eigenvalue weighted by molar-refractivity contribution is 7.80. The van der Waals surface area contributed by atoms with E-state index in [-0.39, 0.29) is 0 Å². The Morgan fingerprint density at radius 3 is 2.42 bits per heavy atom. The van der Waals surface area contributed by atoms with Gasteiger partial charge < -0.3 is 15.5 Å². The van der Waals surface area contributed by atoms with Gasteiger partial charge in [-0.25, -0.2) is 0 Å². The van der Waals surface area contributed by atoms with Gasteiger partial charge in [-0.1, -0.05) is 44.0 Å². The molecule has 132 valence electrons. The number of likely N-dealkylation sites (tertiary alicyclic amines) is 1. The third-order valence-corrected chi connectivity index (χ3v) is 5.93. The van der Waals surface area contributed by atoms with E-state index in [9.17, 15) is 0 Å². The van der Waals surface area contributed by atoms with Gasteiger partial charge in [-0.05, 0) is 36.5 Å². The van der Waals surface area contributed by atoms with Gasteiger partial charge >= 0.3 is 0 Å². The average Bonchev–Trinajstić information content (AvgIpc) is 3.09. The Balaban J connectivity index is 1.41. The molecule has 1 saturated carbocycles. The smallest absolute Gasteiger partial charge is 0.166 e. The van der Waals surface area contributed by atoms with E-state index < -0.39 is 0 Å². The van der Waals surface area contributed by atoms with E-state index in [0.29, 0.717) is 6.04 Å². The summed E-state index contributed by atoms with van der Waals surface area (Å²) in [7, 11) is 0. The van der Waals surface area contributed by atoms with Gasteiger partial charge in [-0.15, -0.1) is 0 Å². The van der Waals surface area contributed by atoms with E-state index in [1.165, 1.54) is 69.3 Å². The molecule has 1 aromatic carbocycles. The zero-order valence-corrected chi connectivity index (χ0v) is 15.8. The van der Waals surface area contributed by atoms with Crippen molar-refractivity contribution in [2.24, 2.45) is 5.92 Å². The molecule has 1 aromatic rings. The highest BCUT2D eigenvalue weighted by Gasteiger charge is 2.21. The van der Waals surface area contributed by atoms with Gasteiger partial charge in [0, 0.05) is 31.0 Å². The van der Waals surface area contributed by atoms with Gasteiger partial charge in [0.1, 0.15) is 6.54 Å². The van der Waals surface area contributed by atoms with Gasteiger partial charge in [0.2, 0.25) is 0 Å². The fourth-order valence-corrected chi connectivity index (χ4v) is 4.27. The van der Waals surface area contributed by atoms with Crippen molar-refractivity contribution < 1.29 is 4.90 Å². The van der Waals surface area contributed by atoms with Gasteiger partial charge in [0.05, 0.1) is 13.1 Å². The number of benzene rings is 1. The van der Waals surface area contributed by atoms with E-state index in [0.717, 1.165) is 17.6 Å². The van der Waals surface area contributed by atoms with Crippen molar-refractivity contribution in [3.63, 3.8) is 0 Å². The standard InChI is InChI=1S/C20H31N3S/c1-16-6-2-3-7-19(16)22-20(24)21-14-17-8-10-18(11-9-17)15-23-12-4-5-13-23/h8-11,16,19H,2-7,12-15H2,1H3,(H2,21,22,24)/p+1/t16-,19-/m0/s1. The zero-order chi connectivity index (χ0) is 16.8. The van der Waals surface area contributed by atoms with Crippen LogP contribution in [0.5, 0.6) is 0 Å². The maximum Gasteiger partial charge on any atom is 0.166 e. The van der Waals surface area contributed by atoms with E-state index in [4.69, 9.17) is 12.2 Å². The Labute approximate surface area is 152 Å². The van der Waals surface area contributed by atoms with Crippen LogP contribution in [0.1, 0.15) is 56.6 Å². The summed E-state index contributed by atoms with van der Waals surface area (Å²) >= 11 is 5.48. The predicted octanol–water partition coefficient (Wildman–Crippen LogP) is 2.41. The molecule has 2 aliphatic rings. The molecular weight excluding hydrogens is 314 g/mol. The van der Waals surface area contributed by atoms with Crippen LogP contribution in [0, 0.1) is 5.92 Å². The molecule has 1 aliphatic carbocycles. The molecule has 24 heavy (non-hydrogen) atoms. The van der Waals surface area contributed by atoms with Crippen LogP contribution in [0.15, 0.2) is 24.3 Å². The second kappa shape index (κ2) is 8.82. The SMILES string of the molecule is C[C@H]1CCCC[C@@H]1NC(=S)NCc1ccc(C[NH+]2CCCC2)cc1. The molecule has 1 heterocycles. The Hall–Kier alpha value is -1.13. The summed E-state index contributed by atoms with van der Waals surface area (Å²) in [6.07, 6.45) is 8.04. The van der Waals surface area contributed by atoms with Crippen LogP contribution in [0.2, 0.25) is 0 Å². The molecule has 0 radical (unpaired) electrons. The fourth-order valence-electron chi connectivity index (χ4n) is 4.05. The van der Waals surface area contributed by atoms with Gasteiger partial charge in [0.25, 0.3) is 0 Å². The Kier molecular flexibility index (Phi) is 6.50. The summed E-state index contributed by atoms with van der Waals surface area (Å²) in [5.41, 5.74) is 2.75. The fraction of sp³-hybridized carbons (Fsp3) is 0.650. The summed E-state index contributed by atoms with van der Waals surface area (Å²) in [5, 5.41) is 7.69. The summed E-state index contributed by atoms with van der Waals surface area (Å²) in [4.78, 5) is 1.73. The Morgan fingerprint density at radius 2 is 1.71 bits per heavy atom. The maximum absolute atomic E-state index is 5.48. The highest BCUT2D eigenvalue weighted by Crippen LogP contribution is 2.23. The first-order valence-electron chi connectivity index (χ1n) is 9.66. The maximum atomic E-state index is 5.48. The van der Waals surface area contributed by atoms with Crippen LogP contribution in [0.4, 0.5) is 0 Å². The zero-order valence-electron chi connectivity index (χ0n) is 14.9. The number of hydrogen-bond acceptors (Lipinski definition) is 1. The largest absolute Gasteiger partial charge is 0.360 e. The molecule has 3 nitrogen and oxygen atoms in total. The van der Waals surface area contributed by atoms with Crippen LogP contribution in [0.25, 0.3) is 0 Å². The van der Waals surface area contributed by atoms with Crippen molar-refractivity contribution in [3.8, 4) is 0 Å². The minimum Gasteiger partial charge on any atom is -0.360 e. The highest BCUT2D eigenvalue weighted by atomic mass is 32.1. The lowest BCUT2D eigenvalue weighted by molar-refractivity contribution is -0.901. The first-order chi connectivity index (χ1) is 11.7. The van der Waals surface area contributed by atoms with E-state index >= 15 is 0 Å². The first kappa shape index (κ1) is 17.7. The minimum atomic E-state index is 0.546. The lowest BCUT2D eigenvalue weighted by Gasteiger charge is -2.30. The molecule has 0 spiro atoms. The Morgan fingerprint density at radius 1 is 1.04 bits per heavy atom. The van der Waals surface area contributed by atoms with Crippen LogP contribution < -0.4 is 15.5 Å². The van der Waals surface area contributed by atoms with Crippen molar-refractivity contribution in [2.45, 2.75) is 64.6 Å². The molecule has 2 fully saturated rings. The third-order valence-electron chi connectivity index (χ3n) is 5.67. The number of thiocarbonyl (C=S) groups is 1. The number of hydrogen-bond donors (Lipinski definition) is 3. The van der Waals surface area contributed by atoms with Crippen molar-refractivity contribution >= 4 is 17.3 Å². The van der Waals surface area contributed by atoms with Crippen LogP contribution in [-0.4, -0.2) is 24.2 Å². The first-order valence-corrected chi connectivity index (χ1v) is 10.1. The molecule has 3 N–H and O–H groups in total.